The highest BCUT2D eigenvalue weighted by Crippen LogP contribution is 2.25. The minimum Gasteiger partial charge on any atom is -0.341 e. The average Bonchev–Trinajstić information content (AvgIpc) is 3.36. The molecule has 1 aliphatic rings. The number of carbonyl (C=O) groups excluding carboxylic acids is 1. The van der Waals surface area contributed by atoms with Gasteiger partial charge in [-0.05, 0) is 47.6 Å². The molecule has 1 amide bonds. The van der Waals surface area contributed by atoms with Crippen LogP contribution >= 0.6 is 34.4 Å². The van der Waals surface area contributed by atoms with Gasteiger partial charge in [-0.25, -0.2) is 4.98 Å². The molecule has 0 N–H and O–H groups in total. The van der Waals surface area contributed by atoms with E-state index in [1.54, 1.807) is 15.9 Å². The second-order valence-electron chi connectivity index (χ2n) is 7.85. The number of rotatable bonds is 6. The molecular formula is C21H25N3O2S3. The predicted molar refractivity (Wildman–Crippen MR) is 122 cm³/mol. The SMILES string of the molecule is C[C@H]1C[C@H](C)CN(C(=O)CSc2nc3ccsc3c(=O)n2CCc2cccs2)C1. The molecule has 3 aromatic heterocycles. The molecule has 5 nitrogen and oxygen atoms in total. The van der Waals surface area contributed by atoms with Crippen LogP contribution < -0.4 is 5.56 Å². The van der Waals surface area contributed by atoms with E-state index in [-0.39, 0.29) is 11.5 Å². The number of piperidine rings is 1. The van der Waals surface area contributed by atoms with Crippen LogP contribution in [0.4, 0.5) is 0 Å². The van der Waals surface area contributed by atoms with Crippen molar-refractivity contribution in [2.24, 2.45) is 11.8 Å². The molecule has 1 fully saturated rings. The predicted octanol–water partition coefficient (Wildman–Crippen LogP) is 4.36. The first-order valence-electron chi connectivity index (χ1n) is 9.92. The number of thiophene rings is 2. The molecule has 0 saturated carbocycles. The molecule has 0 radical (unpaired) electrons. The van der Waals surface area contributed by atoms with E-state index in [9.17, 15) is 9.59 Å². The molecule has 0 aromatic carbocycles. The lowest BCUT2D eigenvalue weighted by Gasteiger charge is -2.35. The van der Waals surface area contributed by atoms with E-state index in [0.29, 0.717) is 34.0 Å². The summed E-state index contributed by atoms with van der Waals surface area (Å²) in [7, 11) is 0. The number of hydrogen-bond donors (Lipinski definition) is 0. The summed E-state index contributed by atoms with van der Waals surface area (Å²) in [5.74, 6) is 1.53. The molecule has 3 aromatic rings. The van der Waals surface area contributed by atoms with Gasteiger partial charge in [0.1, 0.15) is 4.70 Å². The van der Waals surface area contributed by atoms with E-state index in [1.807, 2.05) is 27.8 Å². The van der Waals surface area contributed by atoms with Gasteiger partial charge in [-0.3, -0.25) is 14.2 Å². The van der Waals surface area contributed by atoms with Crippen molar-refractivity contribution < 1.29 is 4.79 Å². The summed E-state index contributed by atoms with van der Waals surface area (Å²) in [5.41, 5.74) is 0.722. The number of hydrogen-bond acceptors (Lipinski definition) is 6. The van der Waals surface area contributed by atoms with Crippen LogP contribution in [0, 0.1) is 11.8 Å². The maximum absolute atomic E-state index is 13.0. The minimum absolute atomic E-state index is 0.00304. The highest BCUT2D eigenvalue weighted by atomic mass is 32.2. The highest BCUT2D eigenvalue weighted by molar-refractivity contribution is 7.99. The Bertz CT molecular complexity index is 1030. The van der Waals surface area contributed by atoms with Gasteiger partial charge in [0.15, 0.2) is 5.16 Å². The molecule has 0 spiro atoms. The maximum Gasteiger partial charge on any atom is 0.272 e. The largest absolute Gasteiger partial charge is 0.341 e. The van der Waals surface area contributed by atoms with Crippen molar-refractivity contribution in [1.82, 2.24) is 14.5 Å². The van der Waals surface area contributed by atoms with Crippen molar-refractivity contribution in [3.05, 3.63) is 44.2 Å². The first kappa shape index (κ1) is 20.6. The van der Waals surface area contributed by atoms with Crippen molar-refractivity contribution in [2.45, 2.75) is 38.4 Å². The number of likely N-dealkylation sites (tertiary alicyclic amines) is 1. The Kier molecular flexibility index (Phi) is 6.41. The van der Waals surface area contributed by atoms with Crippen molar-refractivity contribution >= 4 is 50.6 Å². The van der Waals surface area contributed by atoms with Crippen LogP contribution in [0.5, 0.6) is 0 Å². The smallest absolute Gasteiger partial charge is 0.272 e. The van der Waals surface area contributed by atoms with Crippen LogP contribution in [0.15, 0.2) is 38.9 Å². The number of nitrogens with zero attached hydrogens (tertiary/aromatic N) is 3. The van der Waals surface area contributed by atoms with E-state index in [2.05, 4.69) is 19.9 Å². The van der Waals surface area contributed by atoms with E-state index >= 15 is 0 Å². The molecule has 154 valence electrons. The van der Waals surface area contributed by atoms with Gasteiger partial charge in [-0.1, -0.05) is 31.7 Å². The first-order chi connectivity index (χ1) is 14.0. The average molecular weight is 448 g/mol. The van der Waals surface area contributed by atoms with Gasteiger partial charge in [0.25, 0.3) is 5.56 Å². The fraction of sp³-hybridized carbons (Fsp3) is 0.476. The Balaban J connectivity index is 1.53. The molecule has 0 bridgehead atoms. The van der Waals surface area contributed by atoms with Crippen molar-refractivity contribution in [2.75, 3.05) is 18.8 Å². The van der Waals surface area contributed by atoms with Gasteiger partial charge in [-0.15, -0.1) is 22.7 Å². The minimum atomic E-state index is -0.00304. The van der Waals surface area contributed by atoms with Crippen LogP contribution in [-0.4, -0.2) is 39.2 Å². The third-order valence-corrected chi connectivity index (χ3v) is 8.03. The van der Waals surface area contributed by atoms with Gasteiger partial charge in [0.2, 0.25) is 5.91 Å². The summed E-state index contributed by atoms with van der Waals surface area (Å²) < 4.78 is 2.43. The molecule has 1 saturated heterocycles. The summed E-state index contributed by atoms with van der Waals surface area (Å²) in [4.78, 5) is 33.8. The quantitative estimate of drug-likeness (QED) is 0.416. The zero-order chi connectivity index (χ0) is 20.4. The lowest BCUT2D eigenvalue weighted by atomic mass is 9.92. The Morgan fingerprint density at radius 2 is 2.00 bits per heavy atom. The molecule has 8 heteroatoms. The Hall–Kier alpha value is -1.64. The lowest BCUT2D eigenvalue weighted by Crippen LogP contribution is -2.43. The van der Waals surface area contributed by atoms with Gasteiger partial charge < -0.3 is 4.90 Å². The van der Waals surface area contributed by atoms with Crippen molar-refractivity contribution in [3.8, 4) is 0 Å². The van der Waals surface area contributed by atoms with E-state index in [1.165, 1.54) is 34.4 Å². The number of amides is 1. The number of carbonyl (C=O) groups is 1. The molecule has 1 aliphatic heterocycles. The summed E-state index contributed by atoms with van der Waals surface area (Å²) in [6, 6.07) is 5.99. The Labute approximate surface area is 182 Å². The van der Waals surface area contributed by atoms with E-state index in [4.69, 9.17) is 4.98 Å². The first-order valence-corrected chi connectivity index (χ1v) is 12.7. The van der Waals surface area contributed by atoms with E-state index in [0.717, 1.165) is 25.0 Å². The standard InChI is InChI=1S/C21H25N3O2S3/c1-14-10-15(2)12-23(11-14)18(25)13-29-21-22-17-6-9-28-19(17)20(26)24(21)7-5-16-4-3-8-27-16/h3-4,6,8-9,14-15H,5,7,10-13H2,1-2H3/t14-,15-/m0/s1. The van der Waals surface area contributed by atoms with Gasteiger partial charge in [0, 0.05) is 24.5 Å². The van der Waals surface area contributed by atoms with Gasteiger partial charge in [-0.2, -0.15) is 0 Å². The Morgan fingerprint density at radius 3 is 2.72 bits per heavy atom. The zero-order valence-electron chi connectivity index (χ0n) is 16.7. The third-order valence-electron chi connectivity index (χ3n) is 5.24. The van der Waals surface area contributed by atoms with Crippen LogP contribution in [0.3, 0.4) is 0 Å². The topological polar surface area (TPSA) is 55.2 Å². The molecule has 0 aliphatic carbocycles. The summed E-state index contributed by atoms with van der Waals surface area (Å²) in [5, 5.41) is 4.59. The van der Waals surface area contributed by atoms with Gasteiger partial charge in [0.05, 0.1) is 11.3 Å². The van der Waals surface area contributed by atoms with Crippen LogP contribution in [0.25, 0.3) is 10.2 Å². The monoisotopic (exact) mass is 447 g/mol. The maximum atomic E-state index is 13.0. The zero-order valence-corrected chi connectivity index (χ0v) is 19.1. The fourth-order valence-electron chi connectivity index (χ4n) is 3.99. The summed E-state index contributed by atoms with van der Waals surface area (Å²) >= 11 is 4.52. The fourth-order valence-corrected chi connectivity index (χ4v) is 6.40. The van der Waals surface area contributed by atoms with Crippen LogP contribution in [0.1, 0.15) is 25.1 Å². The second kappa shape index (κ2) is 9.02. The summed E-state index contributed by atoms with van der Waals surface area (Å²) in [6.07, 6.45) is 1.97. The number of aromatic nitrogens is 2. The summed E-state index contributed by atoms with van der Waals surface area (Å²) in [6.45, 7) is 6.64. The van der Waals surface area contributed by atoms with Crippen LogP contribution in [0.2, 0.25) is 0 Å². The van der Waals surface area contributed by atoms with Gasteiger partial charge >= 0.3 is 0 Å². The third kappa shape index (κ3) is 4.75. The van der Waals surface area contributed by atoms with Crippen molar-refractivity contribution in [3.63, 3.8) is 0 Å². The number of thioether (sulfide) groups is 1. The molecule has 4 heterocycles. The molecule has 2 atom stereocenters. The molecule has 0 unspecified atom stereocenters. The number of aryl methyl sites for hydroxylation is 1. The normalized spacial score (nSPS) is 19.7. The van der Waals surface area contributed by atoms with Crippen molar-refractivity contribution in [1.29, 1.82) is 0 Å². The van der Waals surface area contributed by atoms with E-state index < -0.39 is 0 Å². The molecule has 4 rings (SSSR count). The molecular weight excluding hydrogens is 422 g/mol. The lowest BCUT2D eigenvalue weighted by molar-refractivity contribution is -0.130. The molecule has 29 heavy (non-hydrogen) atoms. The second-order valence-corrected chi connectivity index (χ2v) is 10.7. The number of fused-ring (bicyclic) bond motifs is 1. The van der Waals surface area contributed by atoms with Crippen LogP contribution in [-0.2, 0) is 17.8 Å². The Morgan fingerprint density at radius 1 is 1.21 bits per heavy atom. The highest BCUT2D eigenvalue weighted by Gasteiger charge is 2.25.